The van der Waals surface area contributed by atoms with E-state index in [0.29, 0.717) is 12.8 Å². The Morgan fingerprint density at radius 2 is 1.79 bits per heavy atom. The van der Waals surface area contributed by atoms with Gasteiger partial charge >= 0.3 is 0 Å². The van der Waals surface area contributed by atoms with E-state index in [1.165, 1.54) is 32.1 Å². The van der Waals surface area contributed by atoms with Gasteiger partial charge in [-0.15, -0.1) is 0 Å². The summed E-state index contributed by atoms with van der Waals surface area (Å²) in [5.41, 5.74) is 4.74. The molecule has 0 heterocycles. The summed E-state index contributed by atoms with van der Waals surface area (Å²) in [6.45, 7) is 0. The molecule has 0 bridgehead atoms. The van der Waals surface area contributed by atoms with Crippen molar-refractivity contribution >= 4 is 0 Å². The van der Waals surface area contributed by atoms with Crippen molar-refractivity contribution in [2.75, 3.05) is 0 Å². The third kappa shape index (κ3) is 2.47. The molecule has 2 aliphatic carbocycles. The Labute approximate surface area is 86.2 Å². The van der Waals surface area contributed by atoms with Crippen molar-refractivity contribution in [3.05, 3.63) is 0 Å². The second-order valence-electron chi connectivity index (χ2n) is 5.36. The van der Waals surface area contributed by atoms with Gasteiger partial charge in [-0.3, -0.25) is 0 Å². The summed E-state index contributed by atoms with van der Waals surface area (Å²) in [5, 5.41) is 0. The van der Waals surface area contributed by atoms with E-state index in [2.05, 4.69) is 0 Å². The highest BCUT2D eigenvalue weighted by molar-refractivity contribution is 4.97. The first kappa shape index (κ1) is 10.4. The molecule has 2 saturated carbocycles. The van der Waals surface area contributed by atoms with Crippen LogP contribution in [0.2, 0.25) is 0 Å². The van der Waals surface area contributed by atoms with Crippen molar-refractivity contribution in [1.82, 2.24) is 0 Å². The van der Waals surface area contributed by atoms with Crippen molar-refractivity contribution in [2.24, 2.45) is 11.7 Å². The monoisotopic (exact) mass is 199 g/mol. The van der Waals surface area contributed by atoms with Crippen molar-refractivity contribution < 1.29 is 4.39 Å². The van der Waals surface area contributed by atoms with E-state index in [9.17, 15) is 4.39 Å². The Morgan fingerprint density at radius 1 is 1.14 bits per heavy atom. The third-order valence-electron chi connectivity index (χ3n) is 3.98. The summed E-state index contributed by atoms with van der Waals surface area (Å²) >= 11 is 0. The first-order chi connectivity index (χ1) is 6.68. The van der Waals surface area contributed by atoms with Crippen LogP contribution >= 0.6 is 0 Å². The van der Waals surface area contributed by atoms with Crippen molar-refractivity contribution in [3.63, 3.8) is 0 Å². The number of halogens is 1. The topological polar surface area (TPSA) is 26.0 Å². The zero-order valence-corrected chi connectivity index (χ0v) is 8.97. The van der Waals surface area contributed by atoms with E-state index >= 15 is 0 Å². The molecule has 2 fully saturated rings. The van der Waals surface area contributed by atoms with Crippen LogP contribution in [-0.2, 0) is 0 Å². The van der Waals surface area contributed by atoms with Gasteiger partial charge in [-0.2, -0.15) is 0 Å². The minimum Gasteiger partial charge on any atom is -0.327 e. The average molecular weight is 199 g/mol. The van der Waals surface area contributed by atoms with Gasteiger partial charge in [0.1, 0.15) is 5.67 Å². The van der Waals surface area contributed by atoms with Gasteiger partial charge in [0.15, 0.2) is 0 Å². The second-order valence-corrected chi connectivity index (χ2v) is 5.36. The molecule has 2 aliphatic rings. The van der Waals surface area contributed by atoms with E-state index < -0.39 is 5.67 Å². The minimum atomic E-state index is -0.878. The van der Waals surface area contributed by atoms with Crippen LogP contribution in [0.25, 0.3) is 0 Å². The number of rotatable bonds is 3. The Balaban J connectivity index is 1.66. The van der Waals surface area contributed by atoms with Crippen LogP contribution in [-0.4, -0.2) is 11.7 Å². The fourth-order valence-corrected chi connectivity index (χ4v) is 3.02. The summed E-state index contributed by atoms with van der Waals surface area (Å²) in [4.78, 5) is 0. The van der Waals surface area contributed by atoms with Crippen LogP contribution in [0.15, 0.2) is 0 Å². The molecule has 2 N–H and O–H groups in total. The highest BCUT2D eigenvalue weighted by atomic mass is 19.1. The number of nitrogens with two attached hydrogens (primary N) is 1. The fraction of sp³-hybridized carbons (Fsp3) is 1.00. The summed E-state index contributed by atoms with van der Waals surface area (Å²) in [6.07, 6.45) is 9.88. The minimum absolute atomic E-state index is 0.145. The maximum absolute atomic E-state index is 13.8. The maximum Gasteiger partial charge on any atom is 0.114 e. The molecule has 0 aromatic carbocycles. The standard InChI is InChI=1S/C12H22FN/c13-12(8-11(14)9-12)7-6-10-4-2-1-3-5-10/h10-11H,1-9,14H2. The molecule has 1 nitrogen and oxygen atoms in total. The largest absolute Gasteiger partial charge is 0.327 e. The Hall–Kier alpha value is -0.110. The van der Waals surface area contributed by atoms with Gasteiger partial charge in [0.2, 0.25) is 0 Å². The maximum atomic E-state index is 13.8. The lowest BCUT2D eigenvalue weighted by Gasteiger charge is -2.40. The average Bonchev–Trinajstić information content (AvgIpc) is 2.15. The first-order valence-electron chi connectivity index (χ1n) is 6.12. The number of hydrogen-bond acceptors (Lipinski definition) is 1. The molecular formula is C12H22FN. The molecule has 0 aromatic heterocycles. The lowest BCUT2D eigenvalue weighted by Crippen LogP contribution is -2.48. The predicted octanol–water partition coefficient (Wildman–Crippen LogP) is 3.18. The SMILES string of the molecule is NC1CC(F)(CCC2CCCCC2)C1. The van der Waals surface area contributed by atoms with Crippen LogP contribution < -0.4 is 5.73 Å². The molecule has 0 saturated heterocycles. The highest BCUT2D eigenvalue weighted by Gasteiger charge is 2.42. The van der Waals surface area contributed by atoms with Crippen LogP contribution in [0.5, 0.6) is 0 Å². The highest BCUT2D eigenvalue weighted by Crippen LogP contribution is 2.41. The van der Waals surface area contributed by atoms with Crippen molar-refractivity contribution in [2.45, 2.75) is 69.5 Å². The lowest BCUT2D eigenvalue weighted by molar-refractivity contribution is 0.0269. The van der Waals surface area contributed by atoms with Crippen molar-refractivity contribution in [1.29, 1.82) is 0 Å². The van der Waals surface area contributed by atoms with E-state index in [-0.39, 0.29) is 6.04 Å². The second kappa shape index (κ2) is 4.18. The number of alkyl halides is 1. The molecule has 0 aliphatic heterocycles. The molecule has 0 radical (unpaired) electrons. The molecule has 82 valence electrons. The van der Waals surface area contributed by atoms with Gasteiger partial charge in [0.05, 0.1) is 0 Å². The van der Waals surface area contributed by atoms with Gasteiger partial charge in [-0.05, 0) is 31.6 Å². The Morgan fingerprint density at radius 3 is 2.36 bits per heavy atom. The van der Waals surface area contributed by atoms with E-state index in [1.807, 2.05) is 0 Å². The molecule has 0 spiro atoms. The molecule has 2 heteroatoms. The molecule has 0 atom stereocenters. The van der Waals surface area contributed by atoms with Crippen LogP contribution in [0.3, 0.4) is 0 Å². The van der Waals surface area contributed by atoms with E-state index in [4.69, 9.17) is 5.73 Å². The Kier molecular flexibility index (Phi) is 3.10. The summed E-state index contributed by atoms with van der Waals surface area (Å²) in [7, 11) is 0. The fourth-order valence-electron chi connectivity index (χ4n) is 3.02. The molecule has 0 unspecified atom stereocenters. The van der Waals surface area contributed by atoms with Gasteiger partial charge in [-0.25, -0.2) is 4.39 Å². The van der Waals surface area contributed by atoms with Crippen LogP contribution in [0.1, 0.15) is 57.8 Å². The van der Waals surface area contributed by atoms with Gasteiger partial charge < -0.3 is 5.73 Å². The summed E-state index contributed by atoms with van der Waals surface area (Å²) in [5.74, 6) is 0.813. The van der Waals surface area contributed by atoms with Crippen LogP contribution in [0, 0.1) is 5.92 Å². The molecule has 14 heavy (non-hydrogen) atoms. The molecule has 0 amide bonds. The van der Waals surface area contributed by atoms with Gasteiger partial charge in [0.25, 0.3) is 0 Å². The molecule has 0 aromatic rings. The normalized spacial score (nSPS) is 39.4. The van der Waals surface area contributed by atoms with Gasteiger partial charge in [0, 0.05) is 6.04 Å². The quantitative estimate of drug-likeness (QED) is 0.742. The zero-order valence-electron chi connectivity index (χ0n) is 8.97. The zero-order chi connectivity index (χ0) is 10.0. The molecular weight excluding hydrogens is 177 g/mol. The summed E-state index contributed by atoms with van der Waals surface area (Å²) < 4.78 is 13.8. The van der Waals surface area contributed by atoms with Gasteiger partial charge in [-0.1, -0.05) is 32.1 Å². The summed E-state index contributed by atoms with van der Waals surface area (Å²) in [6, 6.07) is 0.145. The Bertz CT molecular complexity index is 181. The molecule has 2 rings (SSSR count). The van der Waals surface area contributed by atoms with E-state index in [1.54, 1.807) is 0 Å². The predicted molar refractivity (Wildman–Crippen MR) is 56.9 cm³/mol. The smallest absolute Gasteiger partial charge is 0.114 e. The lowest BCUT2D eigenvalue weighted by atomic mass is 9.73. The first-order valence-corrected chi connectivity index (χ1v) is 6.12. The van der Waals surface area contributed by atoms with Crippen LogP contribution in [0.4, 0.5) is 4.39 Å². The third-order valence-corrected chi connectivity index (χ3v) is 3.98. The van der Waals surface area contributed by atoms with E-state index in [0.717, 1.165) is 18.8 Å². The number of hydrogen-bond donors (Lipinski definition) is 1. The van der Waals surface area contributed by atoms with Crippen molar-refractivity contribution in [3.8, 4) is 0 Å².